The summed E-state index contributed by atoms with van der Waals surface area (Å²) < 4.78 is 5.66. The number of thiazole rings is 1. The minimum absolute atomic E-state index is 0.0106. The molecule has 41 heavy (non-hydrogen) atoms. The van der Waals surface area contributed by atoms with Crippen LogP contribution >= 0.6 is 11.3 Å². The second kappa shape index (κ2) is 11.3. The van der Waals surface area contributed by atoms with E-state index in [0.29, 0.717) is 29.7 Å². The second-order valence-corrected chi connectivity index (χ2v) is 11.4. The fourth-order valence-corrected chi connectivity index (χ4v) is 6.21. The lowest BCUT2D eigenvalue weighted by molar-refractivity contribution is -0.140. The van der Waals surface area contributed by atoms with E-state index in [1.165, 1.54) is 11.3 Å². The molecule has 3 aromatic heterocycles. The Labute approximate surface area is 241 Å². The predicted octanol–water partition coefficient (Wildman–Crippen LogP) is 5.73. The highest BCUT2D eigenvalue weighted by Gasteiger charge is 2.39. The van der Waals surface area contributed by atoms with E-state index in [1.54, 1.807) is 22.1 Å². The molecule has 1 atom stereocenters. The highest BCUT2D eigenvalue weighted by Crippen LogP contribution is 2.39. The first-order valence-corrected chi connectivity index (χ1v) is 14.7. The van der Waals surface area contributed by atoms with Crippen LogP contribution in [0, 0.1) is 12.8 Å². The van der Waals surface area contributed by atoms with Crippen LogP contribution in [0.2, 0.25) is 0 Å². The van der Waals surface area contributed by atoms with E-state index in [1.807, 2.05) is 54.8 Å². The molecule has 1 aliphatic carbocycles. The van der Waals surface area contributed by atoms with Crippen LogP contribution < -0.4 is 9.80 Å². The minimum Gasteiger partial charge on any atom is -0.481 e. The maximum absolute atomic E-state index is 13.8. The van der Waals surface area contributed by atoms with Crippen molar-refractivity contribution >= 4 is 40.1 Å². The van der Waals surface area contributed by atoms with Crippen molar-refractivity contribution in [2.24, 2.45) is 5.92 Å². The van der Waals surface area contributed by atoms with Crippen molar-refractivity contribution in [2.75, 3.05) is 16.3 Å². The number of carboxylic acids is 1. The van der Waals surface area contributed by atoms with Crippen molar-refractivity contribution in [1.82, 2.24) is 9.97 Å². The van der Waals surface area contributed by atoms with Gasteiger partial charge >= 0.3 is 5.97 Å². The number of carboxylic acid groups (broad SMARTS) is 1. The Kier molecular flexibility index (Phi) is 7.40. The number of hydrogen-bond acceptors (Lipinski definition) is 7. The topological polar surface area (TPSA) is 117 Å². The predicted molar refractivity (Wildman–Crippen MR) is 156 cm³/mol. The number of benzene rings is 1. The molecule has 9 nitrogen and oxygen atoms in total. The Balaban J connectivity index is 1.27. The van der Waals surface area contributed by atoms with Crippen LogP contribution in [0.3, 0.4) is 0 Å². The smallest absolute Gasteiger partial charge is 0.304 e. The Bertz CT molecular complexity index is 1590. The van der Waals surface area contributed by atoms with Crippen molar-refractivity contribution < 1.29 is 23.9 Å². The molecule has 2 fully saturated rings. The number of anilines is 2. The number of aliphatic carboxylic acids is 1. The summed E-state index contributed by atoms with van der Waals surface area (Å²) in [5.41, 5.74) is 3.47. The zero-order valence-electron chi connectivity index (χ0n) is 22.7. The molecule has 210 valence electrons. The molecular weight excluding hydrogens is 540 g/mol. The summed E-state index contributed by atoms with van der Waals surface area (Å²) in [6.07, 6.45) is 4.82. The normalized spacial score (nSPS) is 15.7. The first-order chi connectivity index (χ1) is 19.9. The van der Waals surface area contributed by atoms with Crippen molar-refractivity contribution in [2.45, 2.75) is 51.5 Å². The van der Waals surface area contributed by atoms with Gasteiger partial charge in [-0.1, -0.05) is 24.3 Å². The van der Waals surface area contributed by atoms with Gasteiger partial charge in [-0.3, -0.25) is 24.2 Å². The van der Waals surface area contributed by atoms with Gasteiger partial charge in [0.2, 0.25) is 11.8 Å². The number of carbonyl (C=O) groups excluding carboxylic acids is 2. The zero-order chi connectivity index (χ0) is 28.5. The minimum atomic E-state index is -1.02. The van der Waals surface area contributed by atoms with Crippen LogP contribution in [-0.2, 0) is 20.8 Å². The lowest BCUT2D eigenvalue weighted by Gasteiger charge is -2.24. The highest BCUT2D eigenvalue weighted by molar-refractivity contribution is 7.14. The van der Waals surface area contributed by atoms with E-state index in [0.717, 1.165) is 47.4 Å². The van der Waals surface area contributed by atoms with Gasteiger partial charge in [-0.2, -0.15) is 0 Å². The van der Waals surface area contributed by atoms with Crippen LogP contribution in [0.1, 0.15) is 43.6 Å². The number of nitrogens with zero attached hydrogens (tertiary/aromatic N) is 4. The SMILES string of the molecule is Cc1ccc(CC(CC(=O)O)C(=O)N(c2nc(-c3ccccc3-c3ccc(N4CCCC4=O)nc3)cs2)C2CC2)o1. The third-order valence-electron chi connectivity index (χ3n) is 7.47. The molecule has 1 unspecified atom stereocenters. The van der Waals surface area contributed by atoms with E-state index in [4.69, 9.17) is 9.40 Å². The number of aromatic nitrogens is 2. The molecule has 1 saturated heterocycles. The van der Waals surface area contributed by atoms with Gasteiger partial charge in [-0.05, 0) is 56.0 Å². The molecule has 0 bridgehead atoms. The average molecular weight is 571 g/mol. The maximum Gasteiger partial charge on any atom is 0.304 e. The van der Waals surface area contributed by atoms with E-state index in [9.17, 15) is 19.5 Å². The molecule has 4 heterocycles. The van der Waals surface area contributed by atoms with Gasteiger partial charge in [0.1, 0.15) is 17.3 Å². The Morgan fingerprint density at radius 1 is 1.15 bits per heavy atom. The maximum atomic E-state index is 13.8. The lowest BCUT2D eigenvalue weighted by Crippen LogP contribution is -2.39. The van der Waals surface area contributed by atoms with E-state index in [-0.39, 0.29) is 30.7 Å². The summed E-state index contributed by atoms with van der Waals surface area (Å²) in [6.45, 7) is 2.51. The Hall–Kier alpha value is -4.31. The average Bonchev–Trinajstić information content (AvgIpc) is 3.29. The van der Waals surface area contributed by atoms with Gasteiger partial charge in [-0.25, -0.2) is 9.97 Å². The number of aryl methyl sites for hydroxylation is 1. The van der Waals surface area contributed by atoms with Gasteiger partial charge in [0.05, 0.1) is 18.0 Å². The number of carbonyl (C=O) groups is 3. The molecule has 10 heteroatoms. The van der Waals surface area contributed by atoms with Crippen LogP contribution in [0.5, 0.6) is 0 Å². The van der Waals surface area contributed by atoms with Crippen molar-refractivity contribution in [1.29, 1.82) is 0 Å². The molecule has 2 amide bonds. The molecule has 1 saturated carbocycles. The molecule has 1 aromatic carbocycles. The largest absolute Gasteiger partial charge is 0.481 e. The molecule has 0 radical (unpaired) electrons. The van der Waals surface area contributed by atoms with E-state index in [2.05, 4.69) is 4.98 Å². The quantitative estimate of drug-likeness (QED) is 0.259. The van der Waals surface area contributed by atoms with Gasteiger partial charge in [0.25, 0.3) is 0 Å². The molecule has 4 aromatic rings. The van der Waals surface area contributed by atoms with Crippen LogP contribution in [0.15, 0.2) is 64.5 Å². The number of hydrogen-bond donors (Lipinski definition) is 1. The molecule has 2 aliphatic rings. The summed E-state index contributed by atoms with van der Waals surface area (Å²) in [6, 6.07) is 15.4. The molecule has 1 aliphatic heterocycles. The zero-order valence-corrected chi connectivity index (χ0v) is 23.5. The van der Waals surface area contributed by atoms with Crippen LogP contribution in [0.25, 0.3) is 22.4 Å². The fraction of sp³-hybridized carbons (Fsp3) is 0.323. The fourth-order valence-electron chi connectivity index (χ4n) is 5.31. The van der Waals surface area contributed by atoms with Gasteiger partial charge in [0, 0.05) is 48.1 Å². The Morgan fingerprint density at radius 3 is 2.59 bits per heavy atom. The van der Waals surface area contributed by atoms with Crippen molar-refractivity contribution in [3.05, 3.63) is 71.6 Å². The molecule has 6 rings (SSSR count). The number of rotatable bonds is 10. The number of pyridine rings is 1. The summed E-state index contributed by atoms with van der Waals surface area (Å²) in [7, 11) is 0. The van der Waals surface area contributed by atoms with Crippen molar-refractivity contribution in [3.63, 3.8) is 0 Å². The first kappa shape index (κ1) is 26.9. The summed E-state index contributed by atoms with van der Waals surface area (Å²) in [5, 5.41) is 12.1. The molecular formula is C31H30N4O5S. The lowest BCUT2D eigenvalue weighted by atomic mass is 9.98. The standard InChI is InChI=1S/C31H30N4O5S/c1-19-8-12-23(40-19)15-21(16-29(37)38)30(39)35(22-10-11-22)31-33-26(18-41-31)25-6-3-2-5-24(25)20-9-13-27(32-17-20)34-14-4-7-28(34)36/h2-3,5-6,8-9,12-13,17-18,21-22H,4,7,10-11,14-16H2,1H3,(H,37,38). The third kappa shape index (κ3) is 5.78. The highest BCUT2D eigenvalue weighted by atomic mass is 32.1. The molecule has 0 spiro atoms. The van der Waals surface area contributed by atoms with Crippen LogP contribution in [-0.4, -0.2) is 45.4 Å². The van der Waals surface area contributed by atoms with E-state index >= 15 is 0 Å². The monoisotopic (exact) mass is 570 g/mol. The second-order valence-electron chi connectivity index (χ2n) is 10.6. The Morgan fingerprint density at radius 2 is 1.95 bits per heavy atom. The van der Waals surface area contributed by atoms with Gasteiger partial charge < -0.3 is 9.52 Å². The molecule has 1 N–H and O–H groups in total. The van der Waals surface area contributed by atoms with Crippen molar-refractivity contribution in [3.8, 4) is 22.4 Å². The summed E-state index contributed by atoms with van der Waals surface area (Å²) >= 11 is 1.38. The first-order valence-electron chi connectivity index (χ1n) is 13.8. The van der Waals surface area contributed by atoms with Gasteiger partial charge in [-0.15, -0.1) is 11.3 Å². The number of furan rings is 1. The summed E-state index contributed by atoms with van der Waals surface area (Å²) in [5.74, 6) is 0.0484. The van der Waals surface area contributed by atoms with Crippen LogP contribution in [0.4, 0.5) is 10.9 Å². The van der Waals surface area contributed by atoms with E-state index < -0.39 is 11.9 Å². The third-order valence-corrected chi connectivity index (χ3v) is 8.31. The summed E-state index contributed by atoms with van der Waals surface area (Å²) in [4.78, 5) is 50.5. The van der Waals surface area contributed by atoms with Gasteiger partial charge in [0.15, 0.2) is 5.13 Å². The number of amides is 2.